The van der Waals surface area contributed by atoms with Crippen LogP contribution in [0, 0.1) is 0 Å². The van der Waals surface area contributed by atoms with Crippen LogP contribution in [-0.4, -0.2) is 28.3 Å². The average Bonchev–Trinajstić information content (AvgIpc) is 3.22. The predicted octanol–water partition coefficient (Wildman–Crippen LogP) is 2.95. The molecule has 1 aliphatic heterocycles. The fourth-order valence-corrected chi connectivity index (χ4v) is 3.35. The third kappa shape index (κ3) is 3.22. The first-order chi connectivity index (χ1) is 11.7. The molecule has 1 N–H and O–H groups in total. The van der Waals surface area contributed by atoms with E-state index in [9.17, 15) is 4.79 Å². The molecule has 1 saturated carbocycles. The number of carbonyl (C=O) groups excluding carboxylic acids is 1. The first-order valence-corrected chi connectivity index (χ1v) is 8.73. The largest absolute Gasteiger partial charge is 0.368 e. The molecular weight excluding hydrogens is 302 g/mol. The van der Waals surface area contributed by atoms with Crippen molar-refractivity contribution < 1.29 is 9.53 Å². The first-order valence-electron chi connectivity index (χ1n) is 8.73. The highest BCUT2D eigenvalue weighted by Gasteiger charge is 2.29. The molecule has 1 amide bonds. The zero-order chi connectivity index (χ0) is 16.5. The van der Waals surface area contributed by atoms with Gasteiger partial charge in [-0.2, -0.15) is 5.10 Å². The van der Waals surface area contributed by atoms with Crippen molar-refractivity contribution in [2.24, 2.45) is 7.05 Å². The molecule has 2 fully saturated rings. The second kappa shape index (κ2) is 6.40. The Hall–Kier alpha value is -2.14. The molecule has 0 bridgehead atoms. The van der Waals surface area contributed by atoms with Crippen molar-refractivity contribution in [1.82, 2.24) is 15.1 Å². The first kappa shape index (κ1) is 15.4. The minimum atomic E-state index is -0.0661. The van der Waals surface area contributed by atoms with Gasteiger partial charge in [-0.15, -0.1) is 0 Å². The van der Waals surface area contributed by atoms with E-state index in [2.05, 4.69) is 22.5 Å². The quantitative estimate of drug-likeness (QED) is 0.919. The Bertz CT molecular complexity index is 721. The van der Waals surface area contributed by atoms with Crippen LogP contribution in [0.1, 0.15) is 59.5 Å². The summed E-state index contributed by atoms with van der Waals surface area (Å²) in [6.07, 6.45) is 4.58. The van der Waals surface area contributed by atoms with Crippen molar-refractivity contribution in [2.75, 3.05) is 6.54 Å². The van der Waals surface area contributed by atoms with Gasteiger partial charge in [0.25, 0.3) is 5.91 Å². The number of ether oxygens (including phenoxy) is 1. The van der Waals surface area contributed by atoms with E-state index in [0.717, 1.165) is 18.5 Å². The summed E-state index contributed by atoms with van der Waals surface area (Å²) < 4.78 is 7.77. The maximum Gasteiger partial charge on any atom is 0.269 e. The normalized spacial score (nSPS) is 23.4. The number of amides is 1. The van der Waals surface area contributed by atoms with Crippen LogP contribution in [0.25, 0.3) is 0 Å². The minimum absolute atomic E-state index is 0.0661. The van der Waals surface area contributed by atoms with Crippen LogP contribution < -0.4 is 5.32 Å². The summed E-state index contributed by atoms with van der Waals surface area (Å²) in [5.74, 6) is 0.492. The highest BCUT2D eigenvalue weighted by Crippen LogP contribution is 2.39. The molecule has 1 saturated heterocycles. The SMILES string of the molecule is Cn1nc(C2CC2)cc1C(=O)NC[C@H]1CC[C@H](c2ccccc2)O1. The molecule has 1 aliphatic carbocycles. The van der Waals surface area contributed by atoms with Gasteiger partial charge in [-0.1, -0.05) is 30.3 Å². The van der Waals surface area contributed by atoms with Crippen LogP contribution in [-0.2, 0) is 11.8 Å². The molecule has 5 nitrogen and oxygen atoms in total. The van der Waals surface area contributed by atoms with Gasteiger partial charge < -0.3 is 10.1 Å². The number of rotatable bonds is 5. The van der Waals surface area contributed by atoms with Gasteiger partial charge in [0.1, 0.15) is 5.69 Å². The average molecular weight is 325 g/mol. The molecular formula is C19H23N3O2. The second-order valence-electron chi connectivity index (χ2n) is 6.80. The molecule has 2 aromatic rings. The minimum Gasteiger partial charge on any atom is -0.368 e. The van der Waals surface area contributed by atoms with Gasteiger partial charge >= 0.3 is 0 Å². The molecule has 0 unspecified atom stereocenters. The number of nitrogens with one attached hydrogen (secondary N) is 1. The van der Waals surface area contributed by atoms with Crippen molar-refractivity contribution in [1.29, 1.82) is 0 Å². The van der Waals surface area contributed by atoms with Gasteiger partial charge in [0.05, 0.1) is 17.9 Å². The molecule has 5 heteroatoms. The van der Waals surface area contributed by atoms with E-state index in [0.29, 0.717) is 18.2 Å². The monoisotopic (exact) mass is 325 g/mol. The molecule has 2 aliphatic rings. The summed E-state index contributed by atoms with van der Waals surface area (Å²) >= 11 is 0. The lowest BCUT2D eigenvalue weighted by Crippen LogP contribution is -2.33. The van der Waals surface area contributed by atoms with Crippen LogP contribution >= 0.6 is 0 Å². The lowest BCUT2D eigenvalue weighted by atomic mass is 10.1. The molecule has 126 valence electrons. The summed E-state index contributed by atoms with van der Waals surface area (Å²) in [7, 11) is 1.83. The van der Waals surface area contributed by atoms with E-state index in [4.69, 9.17) is 4.74 Å². The summed E-state index contributed by atoms with van der Waals surface area (Å²) in [5, 5.41) is 7.45. The van der Waals surface area contributed by atoms with Crippen molar-refractivity contribution in [3.05, 3.63) is 53.3 Å². The number of carbonyl (C=O) groups is 1. The van der Waals surface area contributed by atoms with Gasteiger partial charge in [-0.25, -0.2) is 0 Å². The van der Waals surface area contributed by atoms with Crippen molar-refractivity contribution in [3.8, 4) is 0 Å². The lowest BCUT2D eigenvalue weighted by molar-refractivity contribution is 0.0434. The van der Waals surface area contributed by atoms with E-state index < -0.39 is 0 Å². The highest BCUT2D eigenvalue weighted by atomic mass is 16.5. The van der Waals surface area contributed by atoms with E-state index in [1.54, 1.807) is 4.68 Å². The number of nitrogens with zero attached hydrogens (tertiary/aromatic N) is 2. The molecule has 1 aromatic heterocycles. The fraction of sp³-hybridized carbons (Fsp3) is 0.474. The third-order valence-electron chi connectivity index (χ3n) is 4.90. The number of hydrogen-bond donors (Lipinski definition) is 1. The fourth-order valence-electron chi connectivity index (χ4n) is 3.35. The van der Waals surface area contributed by atoms with Crippen LogP contribution in [0.2, 0.25) is 0 Å². The molecule has 2 atom stereocenters. The number of hydrogen-bond acceptors (Lipinski definition) is 3. The molecule has 4 rings (SSSR count). The van der Waals surface area contributed by atoms with Crippen LogP contribution in [0.4, 0.5) is 0 Å². The molecule has 0 spiro atoms. The highest BCUT2D eigenvalue weighted by molar-refractivity contribution is 5.92. The van der Waals surface area contributed by atoms with E-state index in [1.807, 2.05) is 31.3 Å². The summed E-state index contributed by atoms with van der Waals surface area (Å²) in [4.78, 5) is 12.4. The number of aryl methyl sites for hydroxylation is 1. The van der Waals surface area contributed by atoms with Crippen molar-refractivity contribution >= 4 is 5.91 Å². The van der Waals surface area contributed by atoms with Crippen molar-refractivity contribution in [2.45, 2.75) is 43.8 Å². The standard InChI is InChI=1S/C19H23N3O2/c1-22-17(11-16(21-22)13-7-8-13)19(23)20-12-15-9-10-18(24-15)14-5-3-2-4-6-14/h2-6,11,13,15,18H,7-10,12H2,1H3,(H,20,23)/t15-,18-/m1/s1. The molecule has 2 heterocycles. The Morgan fingerprint density at radius 2 is 2.04 bits per heavy atom. The van der Waals surface area contributed by atoms with Crippen LogP contribution in [0.15, 0.2) is 36.4 Å². The molecule has 1 aromatic carbocycles. The number of benzene rings is 1. The maximum atomic E-state index is 12.4. The van der Waals surface area contributed by atoms with E-state index in [-0.39, 0.29) is 18.1 Å². The van der Waals surface area contributed by atoms with Crippen LogP contribution in [0.5, 0.6) is 0 Å². The zero-order valence-electron chi connectivity index (χ0n) is 13.9. The van der Waals surface area contributed by atoms with Gasteiger partial charge in [0.2, 0.25) is 0 Å². The van der Waals surface area contributed by atoms with Gasteiger partial charge in [0.15, 0.2) is 0 Å². The zero-order valence-corrected chi connectivity index (χ0v) is 13.9. The Labute approximate surface area is 142 Å². The summed E-state index contributed by atoms with van der Waals surface area (Å²) in [5.41, 5.74) is 2.89. The predicted molar refractivity (Wildman–Crippen MR) is 90.8 cm³/mol. The Kier molecular flexibility index (Phi) is 4.10. The number of aromatic nitrogens is 2. The van der Waals surface area contributed by atoms with Crippen molar-refractivity contribution in [3.63, 3.8) is 0 Å². The Morgan fingerprint density at radius 3 is 2.79 bits per heavy atom. The van der Waals surface area contributed by atoms with E-state index in [1.165, 1.54) is 18.4 Å². The van der Waals surface area contributed by atoms with Gasteiger partial charge in [0, 0.05) is 19.5 Å². The summed E-state index contributed by atoms with van der Waals surface area (Å²) in [6, 6.07) is 12.2. The molecule has 0 radical (unpaired) electrons. The smallest absolute Gasteiger partial charge is 0.269 e. The second-order valence-corrected chi connectivity index (χ2v) is 6.80. The van der Waals surface area contributed by atoms with E-state index >= 15 is 0 Å². The Morgan fingerprint density at radius 1 is 1.25 bits per heavy atom. The maximum absolute atomic E-state index is 12.4. The van der Waals surface area contributed by atoms with Gasteiger partial charge in [-0.05, 0) is 37.3 Å². The lowest BCUT2D eigenvalue weighted by Gasteiger charge is -2.14. The molecule has 24 heavy (non-hydrogen) atoms. The third-order valence-corrected chi connectivity index (χ3v) is 4.90. The van der Waals surface area contributed by atoms with Crippen LogP contribution in [0.3, 0.4) is 0 Å². The van der Waals surface area contributed by atoms with Gasteiger partial charge in [-0.3, -0.25) is 9.48 Å². The Balaban J connectivity index is 1.31. The summed E-state index contributed by atoms with van der Waals surface area (Å²) in [6.45, 7) is 0.548. The topological polar surface area (TPSA) is 56.2 Å².